The van der Waals surface area contributed by atoms with Crippen molar-refractivity contribution in [3.63, 3.8) is 0 Å². The van der Waals surface area contributed by atoms with E-state index in [2.05, 4.69) is 0 Å². The zero-order valence-corrected chi connectivity index (χ0v) is 10.9. The van der Waals surface area contributed by atoms with Gasteiger partial charge in [0.15, 0.2) is 17.8 Å². The molecule has 94 valence electrons. The van der Waals surface area contributed by atoms with Crippen LogP contribution in [0.25, 0.3) is 0 Å². The van der Waals surface area contributed by atoms with Gasteiger partial charge < -0.3 is 14.2 Å². The maximum Gasteiger partial charge on any atom is 0.204 e. The molecule has 1 aromatic carbocycles. The van der Waals surface area contributed by atoms with Crippen LogP contribution in [0.5, 0.6) is 17.2 Å². The molecule has 0 heterocycles. The summed E-state index contributed by atoms with van der Waals surface area (Å²) in [6.07, 6.45) is 0.783. The van der Waals surface area contributed by atoms with E-state index in [0.717, 1.165) is 11.8 Å². The van der Waals surface area contributed by atoms with Crippen LogP contribution < -0.4 is 14.2 Å². The van der Waals surface area contributed by atoms with Crippen LogP contribution in [-0.2, 0) is 0 Å². The molecule has 0 bridgehead atoms. The fourth-order valence-electron chi connectivity index (χ4n) is 1.64. The van der Waals surface area contributed by atoms with Gasteiger partial charge in [0.2, 0.25) is 5.75 Å². The van der Waals surface area contributed by atoms with E-state index in [4.69, 9.17) is 14.2 Å². The molecule has 1 rings (SSSR count). The Balaban J connectivity index is 3.41. The summed E-state index contributed by atoms with van der Waals surface area (Å²) in [5, 5.41) is 0. The van der Waals surface area contributed by atoms with Gasteiger partial charge in [-0.3, -0.25) is 4.79 Å². The summed E-state index contributed by atoms with van der Waals surface area (Å²) < 4.78 is 16.1. The van der Waals surface area contributed by atoms with E-state index >= 15 is 0 Å². The smallest absolute Gasteiger partial charge is 0.204 e. The average Bonchev–Trinajstić information content (AvgIpc) is 2.27. The first-order chi connectivity index (χ1) is 8.04. The first kappa shape index (κ1) is 13.4. The Bertz CT molecular complexity index is 410. The standard InChI is InChI=1S/C13H18O4/c1-8(2)17-11-6-9(3)10(7-14)12(15-4)13(11)16-5/h6-8H,1-5H3. The van der Waals surface area contributed by atoms with Gasteiger partial charge in [-0.05, 0) is 32.4 Å². The highest BCUT2D eigenvalue weighted by atomic mass is 16.5. The van der Waals surface area contributed by atoms with Crippen molar-refractivity contribution in [2.24, 2.45) is 0 Å². The van der Waals surface area contributed by atoms with E-state index in [1.54, 1.807) is 6.07 Å². The summed E-state index contributed by atoms with van der Waals surface area (Å²) in [4.78, 5) is 11.0. The number of rotatable bonds is 5. The molecule has 4 heteroatoms. The molecule has 4 nitrogen and oxygen atoms in total. The maximum atomic E-state index is 11.0. The molecule has 0 radical (unpaired) electrons. The second-order valence-electron chi connectivity index (χ2n) is 3.96. The highest BCUT2D eigenvalue weighted by Crippen LogP contribution is 2.41. The molecular formula is C13H18O4. The SMILES string of the molecule is COc1c(OC(C)C)cc(C)c(C=O)c1OC. The van der Waals surface area contributed by atoms with Crippen molar-refractivity contribution in [3.05, 3.63) is 17.2 Å². The number of ether oxygens (including phenoxy) is 3. The molecule has 1 aromatic rings. The van der Waals surface area contributed by atoms with Gasteiger partial charge >= 0.3 is 0 Å². The van der Waals surface area contributed by atoms with Crippen molar-refractivity contribution in [1.29, 1.82) is 0 Å². The molecule has 0 aliphatic rings. The molecule has 0 N–H and O–H groups in total. The predicted molar refractivity (Wildman–Crippen MR) is 65.4 cm³/mol. The van der Waals surface area contributed by atoms with E-state index in [-0.39, 0.29) is 6.10 Å². The average molecular weight is 238 g/mol. The molecule has 0 fully saturated rings. The third-order valence-corrected chi connectivity index (χ3v) is 2.34. The number of methoxy groups -OCH3 is 2. The Hall–Kier alpha value is -1.71. The van der Waals surface area contributed by atoms with Gasteiger partial charge in [0.05, 0.1) is 25.9 Å². The largest absolute Gasteiger partial charge is 0.492 e. The van der Waals surface area contributed by atoms with Crippen LogP contribution in [0.4, 0.5) is 0 Å². The molecule has 0 saturated heterocycles. The summed E-state index contributed by atoms with van der Waals surface area (Å²) in [5.74, 6) is 1.45. The van der Waals surface area contributed by atoms with E-state index < -0.39 is 0 Å². The van der Waals surface area contributed by atoms with Gasteiger partial charge in [0, 0.05) is 0 Å². The van der Waals surface area contributed by atoms with E-state index in [0.29, 0.717) is 22.8 Å². The minimum Gasteiger partial charge on any atom is -0.492 e. The van der Waals surface area contributed by atoms with Gasteiger partial charge in [0.1, 0.15) is 0 Å². The number of benzene rings is 1. The Morgan fingerprint density at radius 3 is 2.18 bits per heavy atom. The predicted octanol–water partition coefficient (Wildman–Crippen LogP) is 2.61. The van der Waals surface area contributed by atoms with Crippen LogP contribution in [0.15, 0.2) is 6.07 Å². The van der Waals surface area contributed by atoms with Gasteiger partial charge in [0.25, 0.3) is 0 Å². The van der Waals surface area contributed by atoms with Crippen LogP contribution in [0, 0.1) is 6.92 Å². The van der Waals surface area contributed by atoms with Gasteiger partial charge in [-0.1, -0.05) is 0 Å². The number of carbonyl (C=O) groups is 1. The molecule has 0 aliphatic heterocycles. The monoisotopic (exact) mass is 238 g/mol. The lowest BCUT2D eigenvalue weighted by atomic mass is 10.1. The van der Waals surface area contributed by atoms with Crippen LogP contribution in [-0.4, -0.2) is 26.6 Å². The molecule has 0 saturated carbocycles. The number of aryl methyl sites for hydroxylation is 1. The maximum absolute atomic E-state index is 11.0. The molecule has 0 aromatic heterocycles. The van der Waals surface area contributed by atoms with Crippen LogP contribution in [0.2, 0.25) is 0 Å². The van der Waals surface area contributed by atoms with E-state index in [1.807, 2.05) is 20.8 Å². The first-order valence-corrected chi connectivity index (χ1v) is 5.42. The lowest BCUT2D eigenvalue weighted by Crippen LogP contribution is -2.08. The Morgan fingerprint density at radius 1 is 1.18 bits per heavy atom. The van der Waals surface area contributed by atoms with E-state index in [1.165, 1.54) is 14.2 Å². The van der Waals surface area contributed by atoms with Gasteiger partial charge in [-0.2, -0.15) is 0 Å². The molecule has 0 atom stereocenters. The van der Waals surface area contributed by atoms with Gasteiger partial charge in [-0.15, -0.1) is 0 Å². The van der Waals surface area contributed by atoms with Crippen molar-refractivity contribution >= 4 is 6.29 Å². The minimum atomic E-state index is 0.0232. The summed E-state index contributed by atoms with van der Waals surface area (Å²) in [6, 6.07) is 1.78. The molecule has 0 unspecified atom stereocenters. The Morgan fingerprint density at radius 2 is 1.76 bits per heavy atom. The van der Waals surface area contributed by atoms with Gasteiger partial charge in [-0.25, -0.2) is 0 Å². The van der Waals surface area contributed by atoms with E-state index in [9.17, 15) is 4.79 Å². The Labute approximate surface area is 101 Å². The normalized spacial score (nSPS) is 10.2. The zero-order chi connectivity index (χ0) is 13.0. The summed E-state index contributed by atoms with van der Waals surface area (Å²) >= 11 is 0. The van der Waals surface area contributed by atoms with Crippen LogP contribution in [0.3, 0.4) is 0 Å². The highest BCUT2D eigenvalue weighted by Gasteiger charge is 2.19. The van der Waals surface area contributed by atoms with Crippen LogP contribution in [0.1, 0.15) is 29.8 Å². The first-order valence-electron chi connectivity index (χ1n) is 5.42. The molecular weight excluding hydrogens is 220 g/mol. The number of aldehydes is 1. The number of carbonyl (C=O) groups excluding carboxylic acids is 1. The van der Waals surface area contributed by atoms with Crippen molar-refractivity contribution in [3.8, 4) is 17.2 Å². The fourth-order valence-corrected chi connectivity index (χ4v) is 1.64. The molecule has 0 amide bonds. The lowest BCUT2D eigenvalue weighted by Gasteiger charge is -2.18. The number of hydrogen-bond donors (Lipinski definition) is 0. The van der Waals surface area contributed by atoms with Crippen molar-refractivity contribution in [2.75, 3.05) is 14.2 Å². The van der Waals surface area contributed by atoms with Crippen molar-refractivity contribution < 1.29 is 19.0 Å². The second kappa shape index (κ2) is 5.57. The third-order valence-electron chi connectivity index (χ3n) is 2.34. The molecule has 0 spiro atoms. The van der Waals surface area contributed by atoms with Crippen molar-refractivity contribution in [1.82, 2.24) is 0 Å². The highest BCUT2D eigenvalue weighted by molar-refractivity contribution is 5.84. The van der Waals surface area contributed by atoms with Crippen LogP contribution >= 0.6 is 0 Å². The molecule has 0 aliphatic carbocycles. The topological polar surface area (TPSA) is 44.8 Å². The minimum absolute atomic E-state index is 0.0232. The summed E-state index contributed by atoms with van der Waals surface area (Å²) in [7, 11) is 3.03. The lowest BCUT2D eigenvalue weighted by molar-refractivity contribution is 0.111. The zero-order valence-electron chi connectivity index (χ0n) is 10.9. The fraction of sp³-hybridized carbons (Fsp3) is 0.462. The van der Waals surface area contributed by atoms with Crippen molar-refractivity contribution in [2.45, 2.75) is 26.9 Å². The quantitative estimate of drug-likeness (QED) is 0.740. The summed E-state index contributed by atoms with van der Waals surface area (Å²) in [5.41, 5.74) is 1.29. The summed E-state index contributed by atoms with van der Waals surface area (Å²) in [6.45, 7) is 5.68. The number of hydrogen-bond acceptors (Lipinski definition) is 4. The molecule has 17 heavy (non-hydrogen) atoms. The second-order valence-corrected chi connectivity index (χ2v) is 3.96. The Kier molecular flexibility index (Phi) is 4.37. The third kappa shape index (κ3) is 2.70.